The molecule has 1 N–H and O–H groups in total. The van der Waals surface area contributed by atoms with Crippen LogP contribution in [0.1, 0.15) is 31.2 Å². The highest BCUT2D eigenvalue weighted by Crippen LogP contribution is 2.42. The Morgan fingerprint density at radius 1 is 0.929 bits per heavy atom. The van der Waals surface area contributed by atoms with Gasteiger partial charge in [0, 0.05) is 16.5 Å². The molecule has 3 aromatic carbocycles. The molecule has 42 heavy (non-hydrogen) atoms. The van der Waals surface area contributed by atoms with E-state index in [0.29, 0.717) is 47.3 Å². The zero-order valence-corrected chi connectivity index (χ0v) is 24.3. The Kier molecular flexibility index (Phi) is 6.04. The van der Waals surface area contributed by atoms with Crippen molar-refractivity contribution in [3.8, 4) is 17.3 Å². The van der Waals surface area contributed by atoms with E-state index in [4.69, 9.17) is 0 Å². The second-order valence-corrected chi connectivity index (χ2v) is 13.0. The Hall–Kier alpha value is -4.72. The summed E-state index contributed by atoms with van der Waals surface area (Å²) in [4.78, 5) is 53.9. The molecule has 0 spiro atoms. The number of nitrogens with zero attached hydrogens (tertiary/aromatic N) is 5. The molecule has 0 saturated carbocycles. The number of fused-ring (bicyclic) bond motifs is 3. The van der Waals surface area contributed by atoms with Crippen molar-refractivity contribution in [2.75, 3.05) is 4.90 Å². The van der Waals surface area contributed by atoms with E-state index >= 15 is 0 Å². The summed E-state index contributed by atoms with van der Waals surface area (Å²) in [7, 11) is 0. The van der Waals surface area contributed by atoms with Gasteiger partial charge in [0.15, 0.2) is 10.2 Å². The maximum absolute atomic E-state index is 12.9. The van der Waals surface area contributed by atoms with Gasteiger partial charge in [0.2, 0.25) is 5.88 Å². The Morgan fingerprint density at radius 3 is 2.38 bits per heavy atom. The molecule has 1 aliphatic rings. The minimum Gasteiger partial charge on any atom is -0.493 e. The Bertz CT molecular complexity index is 2120. The molecule has 0 aliphatic carbocycles. The van der Waals surface area contributed by atoms with Crippen LogP contribution >= 0.6 is 34.4 Å². The molecule has 13 heteroatoms. The first-order valence-electron chi connectivity index (χ1n) is 12.5. The molecule has 1 aliphatic heterocycles. The average Bonchev–Trinajstić information content (AvgIpc) is 3.59. The Labute approximate surface area is 249 Å². The van der Waals surface area contributed by atoms with Gasteiger partial charge in [0.05, 0.1) is 42.2 Å². The van der Waals surface area contributed by atoms with Crippen LogP contribution in [0.3, 0.4) is 0 Å². The number of aromatic hydroxyl groups is 1. The van der Waals surface area contributed by atoms with Crippen LogP contribution in [0, 0.1) is 24.0 Å². The predicted octanol–water partition coefficient (Wildman–Crippen LogP) is 7.15. The third-order valence-electron chi connectivity index (χ3n) is 7.03. The third-order valence-corrected chi connectivity index (χ3v) is 10.3. The van der Waals surface area contributed by atoms with Crippen molar-refractivity contribution in [2.45, 2.75) is 23.1 Å². The number of thiazole rings is 1. The first kappa shape index (κ1) is 26.2. The molecule has 206 valence electrons. The first-order valence-corrected chi connectivity index (χ1v) is 15.0. The van der Waals surface area contributed by atoms with Crippen molar-refractivity contribution in [2.24, 2.45) is 0 Å². The lowest BCUT2D eigenvalue weighted by atomic mass is 10.1. The van der Waals surface area contributed by atoms with Gasteiger partial charge in [-0.05, 0) is 61.9 Å². The number of rotatable bonds is 5. The largest absolute Gasteiger partial charge is 0.493 e. The minimum absolute atomic E-state index is 0.148. The molecule has 0 fully saturated rings. The highest BCUT2D eigenvalue weighted by Gasteiger charge is 2.36. The summed E-state index contributed by atoms with van der Waals surface area (Å²) < 4.78 is 1.28. The maximum atomic E-state index is 12.9. The third kappa shape index (κ3) is 4.12. The number of benzene rings is 3. The lowest BCUT2D eigenvalue weighted by Crippen LogP contribution is -2.29. The second-order valence-electron chi connectivity index (χ2n) is 9.50. The molecule has 6 aromatic rings. The fourth-order valence-electron chi connectivity index (χ4n) is 4.84. The number of anilines is 1. The van der Waals surface area contributed by atoms with Crippen LogP contribution in [-0.2, 0) is 0 Å². The molecule has 3 aromatic heterocycles. The SMILES string of the molecule is Cc1sc2nc(-c3ccc(Sc4nc5ccc(N6C(=O)c7ccccc7C6=O)cc5s4)c([N+](=O)[O-])c3)nc(O)c2c1C. The number of amides is 2. The number of nitro benzene ring substituents is 1. The van der Waals surface area contributed by atoms with Gasteiger partial charge in [-0.3, -0.25) is 19.7 Å². The van der Waals surface area contributed by atoms with Gasteiger partial charge in [0.25, 0.3) is 17.5 Å². The van der Waals surface area contributed by atoms with Crippen LogP contribution in [0.25, 0.3) is 31.8 Å². The van der Waals surface area contributed by atoms with Gasteiger partial charge in [-0.25, -0.2) is 14.9 Å². The van der Waals surface area contributed by atoms with Crippen molar-refractivity contribution in [3.05, 3.63) is 92.3 Å². The number of aromatic nitrogens is 3. The number of hydrogen-bond donors (Lipinski definition) is 1. The predicted molar refractivity (Wildman–Crippen MR) is 162 cm³/mol. The Morgan fingerprint density at radius 2 is 1.67 bits per heavy atom. The average molecular weight is 612 g/mol. The Balaban J connectivity index is 1.20. The number of carbonyl (C=O) groups is 2. The fourth-order valence-corrected chi connectivity index (χ4v) is 8.00. The first-order chi connectivity index (χ1) is 20.2. The molecule has 0 atom stereocenters. The monoisotopic (exact) mass is 611 g/mol. The van der Waals surface area contributed by atoms with Crippen LogP contribution in [0.5, 0.6) is 5.88 Å². The van der Waals surface area contributed by atoms with Gasteiger partial charge >= 0.3 is 0 Å². The van der Waals surface area contributed by atoms with E-state index in [9.17, 15) is 24.8 Å². The summed E-state index contributed by atoms with van der Waals surface area (Å²) in [5.41, 5.74) is 2.96. The summed E-state index contributed by atoms with van der Waals surface area (Å²) in [6, 6.07) is 16.5. The molecule has 0 bridgehead atoms. The molecule has 0 radical (unpaired) electrons. The van der Waals surface area contributed by atoms with E-state index in [1.165, 1.54) is 28.7 Å². The number of carbonyl (C=O) groups excluding carboxylic acids is 2. The molecule has 7 rings (SSSR count). The topological polar surface area (TPSA) is 139 Å². The second kappa shape index (κ2) is 9.69. The van der Waals surface area contributed by atoms with Gasteiger partial charge < -0.3 is 5.11 Å². The van der Waals surface area contributed by atoms with E-state index in [0.717, 1.165) is 31.8 Å². The van der Waals surface area contributed by atoms with Crippen LogP contribution < -0.4 is 4.90 Å². The highest BCUT2D eigenvalue weighted by atomic mass is 32.2. The van der Waals surface area contributed by atoms with Crippen molar-refractivity contribution in [3.63, 3.8) is 0 Å². The molecule has 4 heterocycles. The number of aryl methyl sites for hydroxylation is 2. The van der Waals surface area contributed by atoms with Crippen molar-refractivity contribution in [1.29, 1.82) is 0 Å². The van der Waals surface area contributed by atoms with Gasteiger partial charge in [-0.2, -0.15) is 4.98 Å². The van der Waals surface area contributed by atoms with E-state index in [1.54, 1.807) is 54.6 Å². The lowest BCUT2D eigenvalue weighted by Gasteiger charge is -2.13. The molecule has 10 nitrogen and oxygen atoms in total. The summed E-state index contributed by atoms with van der Waals surface area (Å²) in [6.07, 6.45) is 0. The normalized spacial score (nSPS) is 13.0. The van der Waals surface area contributed by atoms with Gasteiger partial charge in [0.1, 0.15) is 4.83 Å². The summed E-state index contributed by atoms with van der Waals surface area (Å²) >= 11 is 3.87. The number of nitro groups is 1. The number of thiophene rings is 1. The number of imide groups is 1. The summed E-state index contributed by atoms with van der Waals surface area (Å²) in [6.45, 7) is 3.83. The molecule has 2 amide bonds. The van der Waals surface area contributed by atoms with Crippen LogP contribution in [0.4, 0.5) is 11.4 Å². The molecular formula is C29H17N5O5S3. The molecular weight excluding hydrogens is 595 g/mol. The van der Waals surface area contributed by atoms with Crippen LogP contribution in [0.15, 0.2) is 69.9 Å². The van der Waals surface area contributed by atoms with Crippen LogP contribution in [0.2, 0.25) is 0 Å². The molecule has 0 unspecified atom stereocenters. The summed E-state index contributed by atoms with van der Waals surface area (Å²) in [5.74, 6) is -0.731. The zero-order valence-electron chi connectivity index (χ0n) is 21.8. The van der Waals surface area contributed by atoms with Gasteiger partial charge in [-0.1, -0.05) is 23.9 Å². The fraction of sp³-hybridized carbons (Fsp3) is 0.0690. The number of hydrogen-bond acceptors (Lipinski definition) is 11. The minimum atomic E-state index is -0.475. The van der Waals surface area contributed by atoms with Crippen molar-refractivity contribution >= 4 is 78.1 Å². The molecule has 0 saturated heterocycles. The lowest BCUT2D eigenvalue weighted by molar-refractivity contribution is -0.387. The smallest absolute Gasteiger partial charge is 0.284 e. The summed E-state index contributed by atoms with van der Waals surface area (Å²) in [5, 5.41) is 23.2. The zero-order chi connectivity index (χ0) is 29.3. The maximum Gasteiger partial charge on any atom is 0.284 e. The highest BCUT2D eigenvalue weighted by molar-refractivity contribution is 8.01. The quantitative estimate of drug-likeness (QED) is 0.122. The van der Waals surface area contributed by atoms with E-state index in [-0.39, 0.29) is 29.2 Å². The van der Waals surface area contributed by atoms with Crippen LogP contribution in [-0.4, -0.2) is 36.8 Å². The standard InChI is InChI=1S/C29H17N5O5S3/c1-13-14(2)40-26-23(13)25(35)31-24(32-26)15-7-10-21(20(11-15)34(38)39)41-29-30-19-9-8-16(12-22(19)42-29)33-27(36)17-5-3-4-6-18(17)28(33)37/h3-12H,1-2H3,(H,31,32,35). The van der Waals surface area contributed by atoms with E-state index in [1.807, 2.05) is 13.8 Å². The van der Waals surface area contributed by atoms with Crippen molar-refractivity contribution < 1.29 is 19.6 Å². The van der Waals surface area contributed by atoms with Gasteiger partial charge in [-0.15, -0.1) is 22.7 Å². The van der Waals surface area contributed by atoms with Crippen molar-refractivity contribution in [1.82, 2.24) is 15.0 Å². The van der Waals surface area contributed by atoms with E-state index in [2.05, 4.69) is 15.0 Å². The van der Waals surface area contributed by atoms with E-state index < -0.39 is 4.92 Å².